The molecule has 1 saturated heterocycles. The molecule has 0 aliphatic carbocycles. The molecular formula is C22H20N6O2. The van der Waals surface area contributed by atoms with Crippen LogP contribution in [-0.2, 0) is 4.74 Å². The van der Waals surface area contributed by atoms with E-state index in [0.29, 0.717) is 35.8 Å². The van der Waals surface area contributed by atoms with Crippen molar-refractivity contribution >= 4 is 28.4 Å². The second kappa shape index (κ2) is 7.92. The number of nitrogens with zero attached hydrogens (tertiary/aromatic N) is 4. The summed E-state index contributed by atoms with van der Waals surface area (Å²) < 4.78 is 5.42. The quantitative estimate of drug-likeness (QED) is 0.546. The van der Waals surface area contributed by atoms with Crippen LogP contribution in [0.4, 0.5) is 11.5 Å². The van der Waals surface area contributed by atoms with E-state index in [4.69, 9.17) is 14.7 Å². The lowest BCUT2D eigenvalue weighted by molar-refractivity contribution is 0.102. The number of imidazole rings is 1. The summed E-state index contributed by atoms with van der Waals surface area (Å²) in [4.78, 5) is 31.8. The minimum Gasteiger partial charge on any atom is -0.378 e. The number of anilines is 2. The highest BCUT2D eigenvalue weighted by atomic mass is 16.5. The Morgan fingerprint density at radius 2 is 1.90 bits per heavy atom. The predicted octanol–water partition coefficient (Wildman–Crippen LogP) is 3.11. The number of nitrogens with one attached hydrogen (secondary N) is 2. The number of carbonyl (C=O) groups excluding carboxylic acids is 1. The van der Waals surface area contributed by atoms with Crippen molar-refractivity contribution in [1.29, 1.82) is 0 Å². The molecule has 1 aliphatic heterocycles. The monoisotopic (exact) mass is 400 g/mol. The Morgan fingerprint density at radius 3 is 2.73 bits per heavy atom. The summed E-state index contributed by atoms with van der Waals surface area (Å²) in [5.74, 6) is 1.29. The van der Waals surface area contributed by atoms with Gasteiger partial charge in [-0.05, 0) is 36.4 Å². The number of hydrogen-bond acceptors (Lipinski definition) is 6. The number of para-hydroxylation sites is 1. The fourth-order valence-electron chi connectivity index (χ4n) is 3.50. The lowest BCUT2D eigenvalue weighted by Gasteiger charge is -2.27. The van der Waals surface area contributed by atoms with Crippen molar-refractivity contribution < 1.29 is 9.53 Å². The number of rotatable bonds is 4. The first-order valence-corrected chi connectivity index (χ1v) is 9.78. The second-order valence-electron chi connectivity index (χ2n) is 6.96. The van der Waals surface area contributed by atoms with E-state index >= 15 is 0 Å². The van der Waals surface area contributed by atoms with Gasteiger partial charge in [-0.2, -0.15) is 0 Å². The van der Waals surface area contributed by atoms with Gasteiger partial charge in [0.2, 0.25) is 0 Å². The number of ether oxygens (including phenoxy) is 1. The van der Waals surface area contributed by atoms with Gasteiger partial charge in [-0.15, -0.1) is 0 Å². The zero-order valence-electron chi connectivity index (χ0n) is 16.2. The van der Waals surface area contributed by atoms with E-state index in [2.05, 4.69) is 20.2 Å². The Bertz CT molecular complexity index is 1180. The van der Waals surface area contributed by atoms with E-state index in [0.717, 1.165) is 30.1 Å². The highest BCUT2D eigenvalue weighted by molar-refractivity contribution is 6.11. The Balaban J connectivity index is 1.47. The van der Waals surface area contributed by atoms with Crippen molar-refractivity contribution in [3.8, 4) is 11.5 Å². The van der Waals surface area contributed by atoms with Gasteiger partial charge in [-0.25, -0.2) is 9.97 Å². The molecule has 0 saturated carbocycles. The van der Waals surface area contributed by atoms with E-state index in [1.54, 1.807) is 30.6 Å². The number of morpholine rings is 1. The largest absolute Gasteiger partial charge is 0.378 e. The van der Waals surface area contributed by atoms with Crippen molar-refractivity contribution in [3.63, 3.8) is 0 Å². The molecule has 1 aliphatic rings. The number of fused-ring (bicyclic) bond motifs is 1. The van der Waals surface area contributed by atoms with Gasteiger partial charge < -0.3 is 19.9 Å². The first kappa shape index (κ1) is 18.3. The van der Waals surface area contributed by atoms with Crippen molar-refractivity contribution in [3.05, 3.63) is 66.5 Å². The van der Waals surface area contributed by atoms with E-state index in [-0.39, 0.29) is 5.91 Å². The molecule has 150 valence electrons. The molecule has 2 N–H and O–H groups in total. The zero-order valence-corrected chi connectivity index (χ0v) is 16.2. The molecule has 4 aromatic rings. The maximum atomic E-state index is 12.8. The first-order valence-electron chi connectivity index (χ1n) is 9.78. The van der Waals surface area contributed by atoms with Gasteiger partial charge in [0.15, 0.2) is 5.82 Å². The minimum absolute atomic E-state index is 0.235. The molecule has 0 atom stereocenters. The molecule has 0 spiro atoms. The maximum Gasteiger partial charge on any atom is 0.257 e. The fourth-order valence-corrected chi connectivity index (χ4v) is 3.50. The van der Waals surface area contributed by atoms with Crippen LogP contribution >= 0.6 is 0 Å². The van der Waals surface area contributed by atoms with E-state index in [9.17, 15) is 4.79 Å². The van der Waals surface area contributed by atoms with E-state index < -0.39 is 0 Å². The van der Waals surface area contributed by atoms with Crippen LogP contribution in [0.5, 0.6) is 0 Å². The molecule has 4 heterocycles. The van der Waals surface area contributed by atoms with E-state index in [1.807, 2.05) is 30.3 Å². The molecule has 8 heteroatoms. The highest BCUT2D eigenvalue weighted by Crippen LogP contribution is 2.24. The zero-order chi connectivity index (χ0) is 20.3. The van der Waals surface area contributed by atoms with Crippen LogP contribution in [0.15, 0.2) is 60.9 Å². The number of H-pyrrole nitrogens is 1. The lowest BCUT2D eigenvalue weighted by atomic mass is 10.1. The molecule has 0 bridgehead atoms. The third-order valence-electron chi connectivity index (χ3n) is 4.99. The summed E-state index contributed by atoms with van der Waals surface area (Å²) in [7, 11) is 0. The average Bonchev–Trinajstić information content (AvgIpc) is 3.25. The van der Waals surface area contributed by atoms with Gasteiger partial charge in [0.05, 0.1) is 36.2 Å². The van der Waals surface area contributed by atoms with Gasteiger partial charge in [-0.3, -0.25) is 9.78 Å². The topological polar surface area (TPSA) is 96.0 Å². The smallest absolute Gasteiger partial charge is 0.257 e. The number of benzene rings is 1. The standard InChI is InChI=1S/C22H20N6O2/c29-22(24-15-4-3-9-23-14-15)16-5-1-6-17-20(16)27-21(26-17)18-7-2-8-19(25-18)28-10-12-30-13-11-28/h1-9,14H,10-13H2,(H,24,29)(H,26,27). The molecule has 1 amide bonds. The van der Waals surface area contributed by atoms with Crippen molar-refractivity contribution in [2.75, 3.05) is 36.5 Å². The predicted molar refractivity (Wildman–Crippen MR) is 115 cm³/mol. The number of carbonyl (C=O) groups is 1. The lowest BCUT2D eigenvalue weighted by Crippen LogP contribution is -2.36. The molecule has 8 nitrogen and oxygen atoms in total. The van der Waals surface area contributed by atoms with Crippen LogP contribution in [0.25, 0.3) is 22.6 Å². The molecular weight excluding hydrogens is 380 g/mol. The Hall–Kier alpha value is -3.78. The van der Waals surface area contributed by atoms with Gasteiger partial charge >= 0.3 is 0 Å². The molecule has 0 radical (unpaired) electrons. The van der Waals surface area contributed by atoms with Gasteiger partial charge in [0.25, 0.3) is 5.91 Å². The number of hydrogen-bond donors (Lipinski definition) is 2. The number of amides is 1. The van der Waals surface area contributed by atoms with Crippen LogP contribution in [0.1, 0.15) is 10.4 Å². The fraction of sp³-hybridized carbons (Fsp3) is 0.182. The summed E-state index contributed by atoms with van der Waals surface area (Å²) >= 11 is 0. The third kappa shape index (κ3) is 3.60. The number of pyridine rings is 2. The van der Waals surface area contributed by atoms with Crippen molar-refractivity contribution in [2.45, 2.75) is 0 Å². The van der Waals surface area contributed by atoms with Gasteiger partial charge in [-0.1, -0.05) is 12.1 Å². The Kier molecular flexibility index (Phi) is 4.82. The van der Waals surface area contributed by atoms with Crippen molar-refractivity contribution in [1.82, 2.24) is 19.9 Å². The van der Waals surface area contributed by atoms with Crippen LogP contribution in [0.3, 0.4) is 0 Å². The minimum atomic E-state index is -0.235. The average molecular weight is 400 g/mol. The molecule has 1 aromatic carbocycles. The van der Waals surface area contributed by atoms with Crippen LogP contribution in [0.2, 0.25) is 0 Å². The summed E-state index contributed by atoms with van der Waals surface area (Å²) in [5, 5.41) is 2.86. The number of aromatic nitrogens is 4. The maximum absolute atomic E-state index is 12.8. The second-order valence-corrected chi connectivity index (χ2v) is 6.96. The molecule has 3 aromatic heterocycles. The van der Waals surface area contributed by atoms with Gasteiger partial charge in [0, 0.05) is 19.3 Å². The van der Waals surface area contributed by atoms with E-state index in [1.165, 1.54) is 0 Å². The summed E-state index contributed by atoms with van der Waals surface area (Å²) in [6.07, 6.45) is 3.27. The van der Waals surface area contributed by atoms with Gasteiger partial charge in [0.1, 0.15) is 17.0 Å². The molecule has 1 fully saturated rings. The summed E-state index contributed by atoms with van der Waals surface area (Å²) in [5.41, 5.74) is 3.24. The Morgan fingerprint density at radius 1 is 1.03 bits per heavy atom. The first-order chi connectivity index (χ1) is 14.8. The SMILES string of the molecule is O=C(Nc1cccnc1)c1cccc2[nH]c(-c3cccc(N4CCOCC4)n3)nc12. The molecule has 0 unspecified atom stereocenters. The van der Waals surface area contributed by atoms with Crippen LogP contribution in [-0.4, -0.2) is 52.1 Å². The van der Waals surface area contributed by atoms with Crippen LogP contribution in [0, 0.1) is 0 Å². The normalized spacial score (nSPS) is 14.1. The van der Waals surface area contributed by atoms with Crippen molar-refractivity contribution in [2.24, 2.45) is 0 Å². The summed E-state index contributed by atoms with van der Waals surface area (Å²) in [6.45, 7) is 3.03. The molecule has 5 rings (SSSR count). The number of aromatic amines is 1. The highest BCUT2D eigenvalue weighted by Gasteiger charge is 2.17. The Labute approximate surface area is 172 Å². The van der Waals surface area contributed by atoms with Crippen LogP contribution < -0.4 is 10.2 Å². The summed E-state index contributed by atoms with van der Waals surface area (Å²) in [6, 6.07) is 14.9. The third-order valence-corrected chi connectivity index (χ3v) is 4.99. The molecule has 30 heavy (non-hydrogen) atoms.